The molecule has 2 N–H and O–H groups in total. The summed E-state index contributed by atoms with van der Waals surface area (Å²) in [5.41, 5.74) is 0.585. The Morgan fingerprint density at radius 3 is 3.13 bits per heavy atom. The van der Waals surface area contributed by atoms with Crippen molar-refractivity contribution in [2.24, 2.45) is 0 Å². The zero-order valence-corrected chi connectivity index (χ0v) is 10.7. The van der Waals surface area contributed by atoms with E-state index in [1.807, 2.05) is 0 Å². The van der Waals surface area contributed by atoms with Crippen LogP contribution in [-0.4, -0.2) is 30.5 Å². The van der Waals surface area contributed by atoms with Crippen molar-refractivity contribution < 1.29 is 9.84 Å². The molecule has 0 amide bonds. The number of ether oxygens (including phenoxy) is 1. The Kier molecular flexibility index (Phi) is 3.79. The van der Waals surface area contributed by atoms with Crippen LogP contribution in [0.2, 0.25) is 0 Å². The first-order chi connectivity index (χ1) is 7.18. The summed E-state index contributed by atoms with van der Waals surface area (Å²) in [6.07, 6.45) is 0.729. The molecule has 84 valence electrons. The van der Waals surface area contributed by atoms with Crippen LogP contribution < -0.4 is 5.32 Å². The Morgan fingerprint density at radius 2 is 2.53 bits per heavy atom. The maximum Gasteiger partial charge on any atom is 0.102 e. The molecule has 0 spiro atoms. The average molecular weight is 292 g/mol. The molecule has 0 saturated carbocycles. The van der Waals surface area contributed by atoms with Gasteiger partial charge in [-0.25, -0.2) is 0 Å². The lowest BCUT2D eigenvalue weighted by molar-refractivity contribution is 0.0268. The molecule has 3 nitrogen and oxygen atoms in total. The molecule has 0 aliphatic carbocycles. The van der Waals surface area contributed by atoms with Gasteiger partial charge in [-0.05, 0) is 32.9 Å². The van der Waals surface area contributed by atoms with Gasteiger partial charge >= 0.3 is 0 Å². The van der Waals surface area contributed by atoms with Crippen molar-refractivity contribution in [1.82, 2.24) is 5.32 Å². The SMILES string of the molecule is OC1(CNCc2csc(Br)c2)CCOC1. The van der Waals surface area contributed by atoms with Gasteiger partial charge in [-0.3, -0.25) is 0 Å². The Balaban J connectivity index is 1.75. The van der Waals surface area contributed by atoms with Crippen LogP contribution in [0, 0.1) is 0 Å². The van der Waals surface area contributed by atoms with E-state index in [1.165, 1.54) is 5.56 Å². The molecule has 5 heteroatoms. The number of halogens is 1. The van der Waals surface area contributed by atoms with Crippen LogP contribution in [0.25, 0.3) is 0 Å². The van der Waals surface area contributed by atoms with E-state index < -0.39 is 5.60 Å². The summed E-state index contributed by atoms with van der Waals surface area (Å²) in [4.78, 5) is 0. The minimum Gasteiger partial charge on any atom is -0.386 e. The number of rotatable bonds is 4. The molecule has 1 atom stereocenters. The molecule has 1 unspecified atom stereocenters. The second-order valence-corrected chi connectivity index (χ2v) is 6.18. The van der Waals surface area contributed by atoms with Crippen molar-refractivity contribution >= 4 is 27.3 Å². The normalized spacial score (nSPS) is 26.0. The Bertz CT molecular complexity index is 323. The van der Waals surface area contributed by atoms with E-state index in [1.54, 1.807) is 11.3 Å². The van der Waals surface area contributed by atoms with Crippen molar-refractivity contribution in [3.63, 3.8) is 0 Å². The molecule has 1 fully saturated rings. The van der Waals surface area contributed by atoms with E-state index in [9.17, 15) is 5.11 Å². The van der Waals surface area contributed by atoms with Crippen LogP contribution >= 0.6 is 27.3 Å². The standard InChI is InChI=1S/C10H14BrNO2S/c11-9-3-8(5-15-9)4-12-6-10(13)1-2-14-7-10/h3,5,12-13H,1-2,4,6-7H2. The zero-order chi connectivity index (χ0) is 10.7. The smallest absolute Gasteiger partial charge is 0.102 e. The minimum absolute atomic E-state index is 0.452. The minimum atomic E-state index is -0.659. The zero-order valence-electron chi connectivity index (χ0n) is 8.33. The van der Waals surface area contributed by atoms with Crippen LogP contribution in [0.15, 0.2) is 15.2 Å². The second-order valence-electron chi connectivity index (χ2n) is 3.89. The van der Waals surface area contributed by atoms with Crippen molar-refractivity contribution in [1.29, 1.82) is 0 Å². The van der Waals surface area contributed by atoms with E-state index in [-0.39, 0.29) is 0 Å². The third-order valence-corrected chi connectivity index (χ3v) is 4.04. The molecule has 15 heavy (non-hydrogen) atoms. The van der Waals surface area contributed by atoms with E-state index in [4.69, 9.17) is 4.74 Å². The highest BCUT2D eigenvalue weighted by Gasteiger charge is 2.31. The summed E-state index contributed by atoms with van der Waals surface area (Å²) < 4.78 is 6.31. The molecule has 2 rings (SSSR count). The van der Waals surface area contributed by atoms with E-state index in [2.05, 4.69) is 32.7 Å². The van der Waals surface area contributed by atoms with Crippen LogP contribution in [0.3, 0.4) is 0 Å². The lowest BCUT2D eigenvalue weighted by atomic mass is 10.0. The van der Waals surface area contributed by atoms with E-state index in [0.29, 0.717) is 19.8 Å². The predicted molar refractivity (Wildman–Crippen MR) is 64.1 cm³/mol. The number of aliphatic hydroxyl groups is 1. The molecular weight excluding hydrogens is 278 g/mol. The molecule has 1 aromatic rings. The topological polar surface area (TPSA) is 41.5 Å². The van der Waals surface area contributed by atoms with Crippen molar-refractivity contribution in [2.45, 2.75) is 18.6 Å². The highest BCUT2D eigenvalue weighted by molar-refractivity contribution is 9.11. The molecular formula is C10H14BrNO2S. The van der Waals surface area contributed by atoms with Crippen LogP contribution in [-0.2, 0) is 11.3 Å². The fourth-order valence-electron chi connectivity index (χ4n) is 1.61. The van der Waals surface area contributed by atoms with Gasteiger partial charge in [0.2, 0.25) is 0 Å². The molecule has 1 saturated heterocycles. The van der Waals surface area contributed by atoms with Gasteiger partial charge in [0.15, 0.2) is 0 Å². The summed E-state index contributed by atoms with van der Waals surface area (Å²) >= 11 is 5.10. The average Bonchev–Trinajstić information content (AvgIpc) is 2.76. The first-order valence-corrected chi connectivity index (χ1v) is 6.59. The third-order valence-electron chi connectivity index (χ3n) is 2.49. The molecule has 0 aromatic carbocycles. The number of nitrogens with one attached hydrogen (secondary N) is 1. The van der Waals surface area contributed by atoms with Gasteiger partial charge in [-0.2, -0.15) is 0 Å². The number of hydrogen-bond acceptors (Lipinski definition) is 4. The molecule has 0 radical (unpaired) electrons. The highest BCUT2D eigenvalue weighted by Crippen LogP contribution is 2.21. The van der Waals surface area contributed by atoms with Gasteiger partial charge in [-0.1, -0.05) is 0 Å². The molecule has 0 bridgehead atoms. The van der Waals surface area contributed by atoms with Gasteiger partial charge in [-0.15, -0.1) is 11.3 Å². The van der Waals surface area contributed by atoms with Crippen LogP contribution in [0.1, 0.15) is 12.0 Å². The first kappa shape index (κ1) is 11.5. The van der Waals surface area contributed by atoms with Gasteiger partial charge in [0.1, 0.15) is 5.60 Å². The third kappa shape index (κ3) is 3.26. The Hall–Kier alpha value is 0.0600. The lowest BCUT2D eigenvalue weighted by Gasteiger charge is -2.20. The fraction of sp³-hybridized carbons (Fsp3) is 0.600. The summed E-state index contributed by atoms with van der Waals surface area (Å²) in [5, 5.41) is 15.3. The van der Waals surface area contributed by atoms with Crippen LogP contribution in [0.4, 0.5) is 0 Å². The second kappa shape index (κ2) is 4.93. The lowest BCUT2D eigenvalue weighted by Crippen LogP contribution is -2.40. The maximum absolute atomic E-state index is 9.98. The van der Waals surface area contributed by atoms with Crippen molar-refractivity contribution in [3.05, 3.63) is 20.8 Å². The fourth-order valence-corrected chi connectivity index (χ4v) is 2.82. The predicted octanol–water partition coefficient (Wildman–Crippen LogP) is 1.75. The van der Waals surface area contributed by atoms with E-state index >= 15 is 0 Å². The van der Waals surface area contributed by atoms with Gasteiger partial charge in [0.05, 0.1) is 10.4 Å². The summed E-state index contributed by atoms with van der Waals surface area (Å²) in [6.45, 7) is 2.51. The molecule has 1 aromatic heterocycles. The quantitative estimate of drug-likeness (QED) is 0.888. The monoisotopic (exact) mass is 291 g/mol. The van der Waals surface area contributed by atoms with Gasteiger partial charge in [0, 0.05) is 26.1 Å². The van der Waals surface area contributed by atoms with Gasteiger partial charge in [0.25, 0.3) is 0 Å². The van der Waals surface area contributed by atoms with E-state index in [0.717, 1.165) is 16.8 Å². The Morgan fingerprint density at radius 1 is 1.67 bits per heavy atom. The number of hydrogen-bond donors (Lipinski definition) is 2. The number of thiophene rings is 1. The molecule has 1 aliphatic rings. The van der Waals surface area contributed by atoms with Crippen molar-refractivity contribution in [2.75, 3.05) is 19.8 Å². The first-order valence-electron chi connectivity index (χ1n) is 4.92. The summed E-state index contributed by atoms with van der Waals surface area (Å²) in [6, 6.07) is 2.09. The van der Waals surface area contributed by atoms with Crippen molar-refractivity contribution in [3.8, 4) is 0 Å². The molecule has 1 aliphatic heterocycles. The maximum atomic E-state index is 9.98. The highest BCUT2D eigenvalue weighted by atomic mass is 79.9. The van der Waals surface area contributed by atoms with Gasteiger partial charge < -0.3 is 15.2 Å². The summed E-state index contributed by atoms with van der Waals surface area (Å²) in [5.74, 6) is 0. The summed E-state index contributed by atoms with van der Waals surface area (Å²) in [7, 11) is 0. The largest absolute Gasteiger partial charge is 0.386 e. The van der Waals surface area contributed by atoms with Crippen LogP contribution in [0.5, 0.6) is 0 Å². The Labute approximate surface area is 102 Å². The molecule has 2 heterocycles.